The Labute approximate surface area is 86.5 Å². The fourth-order valence-corrected chi connectivity index (χ4v) is 2.42. The summed E-state index contributed by atoms with van der Waals surface area (Å²) in [7, 11) is -2.49. The molecule has 0 fully saturated rings. The molecule has 2 N–H and O–H groups in total. The molecule has 0 aliphatic heterocycles. The van der Waals surface area contributed by atoms with Gasteiger partial charge in [0.1, 0.15) is 0 Å². The molecule has 1 atom stereocenters. The van der Waals surface area contributed by atoms with Crippen LogP contribution in [0.1, 0.15) is 0 Å². The lowest BCUT2D eigenvalue weighted by molar-refractivity contribution is -0.165. The van der Waals surface area contributed by atoms with Gasteiger partial charge in [-0.1, -0.05) is 0 Å². The largest absolute Gasteiger partial charge is 0.393 e. The second-order valence-corrected chi connectivity index (χ2v) is 5.31. The molecule has 0 amide bonds. The molecule has 0 saturated heterocycles. The van der Waals surface area contributed by atoms with Crippen molar-refractivity contribution in [3.8, 4) is 0 Å². The molecule has 92 valence electrons. The maximum Gasteiger partial charge on any atom is 0.393 e. The second kappa shape index (κ2) is 5.66. The fraction of sp³-hybridized carbons (Fsp3) is 1.00. The summed E-state index contributed by atoms with van der Waals surface area (Å²) in [6, 6.07) is 0. The third-order valence-electron chi connectivity index (χ3n) is 1.80. The summed E-state index contributed by atoms with van der Waals surface area (Å²) >= 11 is 0. The van der Waals surface area contributed by atoms with Gasteiger partial charge in [0, 0.05) is 13.7 Å². The van der Waals surface area contributed by atoms with E-state index in [2.05, 4.69) is 4.74 Å². The number of sulfone groups is 1. The van der Waals surface area contributed by atoms with Crippen molar-refractivity contribution in [1.82, 2.24) is 0 Å². The van der Waals surface area contributed by atoms with E-state index in [1.54, 1.807) is 0 Å². The van der Waals surface area contributed by atoms with Crippen LogP contribution in [-0.2, 0) is 14.6 Å². The molecule has 0 aliphatic rings. The number of methoxy groups -OCH3 is 1. The highest BCUT2D eigenvalue weighted by molar-refractivity contribution is 7.91. The van der Waals surface area contributed by atoms with E-state index in [-0.39, 0.29) is 6.61 Å². The molecule has 0 rings (SSSR count). The van der Waals surface area contributed by atoms with Crippen molar-refractivity contribution in [2.24, 2.45) is 11.7 Å². The van der Waals surface area contributed by atoms with Gasteiger partial charge < -0.3 is 10.5 Å². The van der Waals surface area contributed by atoms with E-state index in [9.17, 15) is 21.6 Å². The van der Waals surface area contributed by atoms with Gasteiger partial charge in [-0.25, -0.2) is 8.42 Å². The molecule has 0 saturated carbocycles. The molecule has 0 heterocycles. The first-order chi connectivity index (χ1) is 6.73. The van der Waals surface area contributed by atoms with Gasteiger partial charge in [0.2, 0.25) is 0 Å². The highest BCUT2D eigenvalue weighted by Gasteiger charge is 2.41. The number of alkyl halides is 3. The number of nitrogens with two attached hydrogens (primary N) is 1. The Morgan fingerprint density at radius 3 is 2.27 bits per heavy atom. The molecule has 4 nitrogen and oxygen atoms in total. The molecule has 0 aromatic carbocycles. The number of hydrogen-bond acceptors (Lipinski definition) is 4. The lowest BCUT2D eigenvalue weighted by Gasteiger charge is -2.18. The minimum atomic E-state index is -4.57. The second-order valence-electron chi connectivity index (χ2n) is 3.08. The number of ether oxygens (including phenoxy) is 1. The monoisotopic (exact) mass is 249 g/mol. The van der Waals surface area contributed by atoms with Crippen LogP contribution in [0.3, 0.4) is 0 Å². The van der Waals surface area contributed by atoms with Crippen molar-refractivity contribution >= 4 is 9.84 Å². The average Bonchev–Trinajstić information content (AvgIpc) is 2.09. The van der Waals surface area contributed by atoms with E-state index in [0.29, 0.717) is 0 Å². The van der Waals surface area contributed by atoms with Gasteiger partial charge in [-0.2, -0.15) is 13.2 Å². The Kier molecular flexibility index (Phi) is 5.54. The highest BCUT2D eigenvalue weighted by Crippen LogP contribution is 2.26. The maximum atomic E-state index is 12.2. The van der Waals surface area contributed by atoms with Crippen LogP contribution >= 0.6 is 0 Å². The highest BCUT2D eigenvalue weighted by atomic mass is 32.2. The van der Waals surface area contributed by atoms with Crippen LogP contribution in [0.2, 0.25) is 0 Å². The summed E-state index contributed by atoms with van der Waals surface area (Å²) in [5.74, 6) is -3.40. The van der Waals surface area contributed by atoms with Crippen molar-refractivity contribution in [2.45, 2.75) is 6.18 Å². The van der Waals surface area contributed by atoms with Crippen LogP contribution in [0, 0.1) is 5.92 Å². The Morgan fingerprint density at radius 2 is 1.93 bits per heavy atom. The minimum absolute atomic E-state index is 0.114. The van der Waals surface area contributed by atoms with Gasteiger partial charge in [0.05, 0.1) is 24.0 Å². The average molecular weight is 249 g/mol. The van der Waals surface area contributed by atoms with Gasteiger partial charge >= 0.3 is 6.18 Å². The van der Waals surface area contributed by atoms with E-state index in [1.807, 2.05) is 0 Å². The normalized spacial score (nSPS) is 15.3. The Hall–Kier alpha value is -0.340. The lowest BCUT2D eigenvalue weighted by atomic mass is 10.2. The Bertz CT molecular complexity index is 276. The zero-order valence-electron chi connectivity index (χ0n) is 8.25. The third-order valence-corrected chi connectivity index (χ3v) is 3.50. The SMILES string of the molecule is COCCS(=O)(=O)CC(CN)C(F)(F)F. The summed E-state index contributed by atoms with van der Waals surface area (Å²) in [4.78, 5) is 0. The van der Waals surface area contributed by atoms with E-state index in [4.69, 9.17) is 5.73 Å². The van der Waals surface area contributed by atoms with E-state index < -0.39 is 40.0 Å². The fourth-order valence-electron chi connectivity index (χ4n) is 0.896. The van der Waals surface area contributed by atoms with Crippen LogP contribution in [0.25, 0.3) is 0 Å². The Balaban J connectivity index is 4.42. The summed E-state index contributed by atoms with van der Waals surface area (Å²) < 4.78 is 63.4. The van der Waals surface area contributed by atoms with Crippen LogP contribution < -0.4 is 5.73 Å². The van der Waals surface area contributed by atoms with Gasteiger partial charge in [0.25, 0.3) is 0 Å². The van der Waals surface area contributed by atoms with Crippen molar-refractivity contribution in [1.29, 1.82) is 0 Å². The maximum absolute atomic E-state index is 12.2. The standard InChI is InChI=1S/C7H14F3NO3S/c1-14-2-3-15(12,13)5-6(4-11)7(8,9)10/h6H,2-5,11H2,1H3. The summed E-state index contributed by atoms with van der Waals surface area (Å²) in [6.45, 7) is -0.840. The van der Waals surface area contributed by atoms with Crippen molar-refractivity contribution in [3.05, 3.63) is 0 Å². The summed E-state index contributed by atoms with van der Waals surface area (Å²) in [5.41, 5.74) is 4.88. The van der Waals surface area contributed by atoms with Gasteiger partial charge in [-0.15, -0.1) is 0 Å². The first-order valence-corrected chi connectivity index (χ1v) is 6.01. The van der Waals surface area contributed by atoms with Crippen LogP contribution in [0.15, 0.2) is 0 Å². The predicted octanol–water partition coefficient (Wildman–Crippen LogP) is 0.185. The van der Waals surface area contributed by atoms with E-state index >= 15 is 0 Å². The van der Waals surface area contributed by atoms with Gasteiger partial charge in [0.15, 0.2) is 9.84 Å². The first kappa shape index (κ1) is 14.7. The molecule has 0 radical (unpaired) electrons. The number of halogens is 3. The van der Waals surface area contributed by atoms with Crippen LogP contribution in [-0.4, -0.2) is 46.4 Å². The predicted molar refractivity (Wildman–Crippen MR) is 49.1 cm³/mol. The molecular weight excluding hydrogens is 235 g/mol. The Morgan fingerprint density at radius 1 is 1.40 bits per heavy atom. The van der Waals surface area contributed by atoms with Crippen LogP contribution in [0.5, 0.6) is 0 Å². The minimum Gasteiger partial charge on any atom is -0.384 e. The molecular formula is C7H14F3NO3S. The number of rotatable bonds is 6. The molecule has 15 heavy (non-hydrogen) atoms. The molecule has 0 spiro atoms. The van der Waals surface area contributed by atoms with E-state index in [1.165, 1.54) is 7.11 Å². The lowest BCUT2D eigenvalue weighted by Crippen LogP contribution is -2.37. The topological polar surface area (TPSA) is 69.4 Å². The third kappa shape index (κ3) is 5.95. The zero-order chi connectivity index (χ0) is 12.1. The van der Waals surface area contributed by atoms with Crippen LogP contribution in [0.4, 0.5) is 13.2 Å². The molecule has 0 aliphatic carbocycles. The molecule has 0 aromatic rings. The smallest absolute Gasteiger partial charge is 0.384 e. The molecule has 8 heteroatoms. The van der Waals surface area contributed by atoms with Gasteiger partial charge in [-0.05, 0) is 0 Å². The van der Waals surface area contributed by atoms with Gasteiger partial charge in [-0.3, -0.25) is 0 Å². The van der Waals surface area contributed by atoms with Crippen molar-refractivity contribution in [2.75, 3.05) is 31.8 Å². The summed E-state index contributed by atoms with van der Waals surface area (Å²) in [6.07, 6.45) is -4.57. The van der Waals surface area contributed by atoms with E-state index in [0.717, 1.165) is 0 Å². The van der Waals surface area contributed by atoms with Crippen molar-refractivity contribution in [3.63, 3.8) is 0 Å². The summed E-state index contributed by atoms with van der Waals surface area (Å²) in [5, 5.41) is 0. The molecule has 0 aromatic heterocycles. The first-order valence-electron chi connectivity index (χ1n) is 4.19. The molecule has 0 bridgehead atoms. The molecule has 1 unspecified atom stereocenters. The zero-order valence-corrected chi connectivity index (χ0v) is 9.07. The number of hydrogen-bond donors (Lipinski definition) is 1. The van der Waals surface area contributed by atoms with Crippen molar-refractivity contribution < 1.29 is 26.3 Å². The quantitative estimate of drug-likeness (QED) is 0.729.